The van der Waals surface area contributed by atoms with Crippen molar-refractivity contribution in [3.8, 4) is 11.8 Å². The molecule has 1 saturated carbocycles. The van der Waals surface area contributed by atoms with Crippen molar-refractivity contribution in [2.75, 3.05) is 24.6 Å². The zero-order valence-corrected chi connectivity index (χ0v) is 22.9. The average molecular weight is 506 g/mol. The third-order valence-corrected chi connectivity index (χ3v) is 8.56. The Kier molecular flexibility index (Phi) is 7.22. The summed E-state index contributed by atoms with van der Waals surface area (Å²) in [7, 11) is 0. The number of piperidine rings is 1. The zero-order valence-electron chi connectivity index (χ0n) is 22.9. The molecule has 2 aromatic rings. The van der Waals surface area contributed by atoms with Crippen LogP contribution in [0.15, 0.2) is 30.6 Å². The fourth-order valence-corrected chi connectivity index (χ4v) is 6.71. The topological polar surface area (TPSA) is 111 Å². The van der Waals surface area contributed by atoms with Gasteiger partial charge in [0.05, 0.1) is 17.2 Å². The van der Waals surface area contributed by atoms with Crippen molar-refractivity contribution >= 4 is 11.9 Å². The Morgan fingerprint density at radius 1 is 1.16 bits per heavy atom. The summed E-state index contributed by atoms with van der Waals surface area (Å²) in [4.78, 5) is 24.3. The molecule has 8 nitrogen and oxygen atoms in total. The minimum absolute atomic E-state index is 0.115. The molecule has 1 aliphatic heterocycles. The number of anilines is 1. The highest BCUT2D eigenvalue weighted by atomic mass is 16.5. The van der Waals surface area contributed by atoms with Crippen LogP contribution in [0, 0.1) is 46.8 Å². The number of aliphatic hydroxyl groups is 1. The summed E-state index contributed by atoms with van der Waals surface area (Å²) in [5, 5.41) is 22.1. The Hall–Kier alpha value is -3.18. The van der Waals surface area contributed by atoms with Crippen LogP contribution in [-0.2, 0) is 0 Å². The van der Waals surface area contributed by atoms with Crippen LogP contribution in [0.25, 0.3) is 0 Å². The molecular weight excluding hydrogens is 466 g/mol. The number of ether oxygens (including phenoxy) is 1. The second-order valence-corrected chi connectivity index (χ2v) is 12.1. The first-order chi connectivity index (χ1) is 17.4. The van der Waals surface area contributed by atoms with E-state index in [1.807, 2.05) is 19.1 Å². The molecule has 1 saturated heterocycles. The van der Waals surface area contributed by atoms with Crippen LogP contribution in [0.2, 0.25) is 0 Å². The summed E-state index contributed by atoms with van der Waals surface area (Å²) in [6.07, 6.45) is 3.07. The summed E-state index contributed by atoms with van der Waals surface area (Å²) in [6, 6.07) is 7.57. The van der Waals surface area contributed by atoms with E-state index in [0.717, 1.165) is 24.4 Å². The molecule has 0 bridgehead atoms. The first-order valence-corrected chi connectivity index (χ1v) is 13.1. The van der Waals surface area contributed by atoms with Gasteiger partial charge in [-0.3, -0.25) is 4.79 Å². The first-order valence-electron chi connectivity index (χ1n) is 13.1. The van der Waals surface area contributed by atoms with Crippen molar-refractivity contribution in [1.82, 2.24) is 15.3 Å². The van der Waals surface area contributed by atoms with E-state index >= 15 is 0 Å². The monoisotopic (exact) mass is 505 g/mol. The molecule has 8 heteroatoms. The lowest BCUT2D eigenvalue weighted by Crippen LogP contribution is -2.74. The van der Waals surface area contributed by atoms with Crippen LogP contribution in [-0.4, -0.2) is 52.8 Å². The second-order valence-electron chi connectivity index (χ2n) is 12.1. The minimum atomic E-state index is -0.314. The van der Waals surface area contributed by atoms with Crippen LogP contribution >= 0.6 is 0 Å². The predicted molar refractivity (Wildman–Crippen MR) is 142 cm³/mol. The molecule has 3 atom stereocenters. The van der Waals surface area contributed by atoms with Crippen molar-refractivity contribution in [2.24, 2.45) is 28.6 Å². The fourth-order valence-electron chi connectivity index (χ4n) is 6.71. The van der Waals surface area contributed by atoms with E-state index in [0.29, 0.717) is 28.9 Å². The third kappa shape index (κ3) is 4.89. The number of carbonyl (C=O) groups excluding carboxylic acids is 1. The average Bonchev–Trinajstić information content (AvgIpc) is 2.85. The number of benzene rings is 1. The molecule has 1 aliphatic carbocycles. The normalized spacial score (nSPS) is 28.1. The van der Waals surface area contributed by atoms with E-state index < -0.39 is 0 Å². The highest BCUT2D eigenvalue weighted by molar-refractivity contribution is 5.94. The number of hydrogen-bond acceptors (Lipinski definition) is 7. The standard InChI is InChI=1S/C29H39N5O3/c1-17-10-22(9-8-20(17)11-30)37-26-28(4,5)25(29(26,6)7)33-24(36)21-12-31-27(32-13-21)34-14-18(2)23(16-35)19(3)15-34/h8-10,12-13,18-19,23,25-26,35H,14-16H2,1-7H3,(H,33,36)/t18-,19+,23?,25?,26?. The molecule has 1 aromatic heterocycles. The van der Waals surface area contributed by atoms with Gasteiger partial charge in [0.25, 0.3) is 5.91 Å². The van der Waals surface area contributed by atoms with Crippen LogP contribution in [0.1, 0.15) is 63.0 Å². The second kappa shape index (κ2) is 9.94. The lowest BCUT2D eigenvalue weighted by Gasteiger charge is -2.63. The summed E-state index contributed by atoms with van der Waals surface area (Å²) in [5.41, 5.74) is 1.31. The molecule has 1 aromatic carbocycles. The first kappa shape index (κ1) is 26.9. The number of aliphatic hydroxyl groups excluding tert-OH is 1. The van der Waals surface area contributed by atoms with Gasteiger partial charge in [0, 0.05) is 49.0 Å². The Bertz CT molecular complexity index is 1160. The molecule has 1 unspecified atom stereocenters. The molecule has 198 valence electrons. The molecule has 2 N–H and O–H groups in total. The highest BCUT2D eigenvalue weighted by Gasteiger charge is 2.64. The number of rotatable bonds is 6. The van der Waals surface area contributed by atoms with Gasteiger partial charge in [-0.1, -0.05) is 41.5 Å². The number of nitrogens with zero attached hydrogens (tertiary/aromatic N) is 4. The van der Waals surface area contributed by atoms with Gasteiger partial charge in [-0.25, -0.2) is 9.97 Å². The lowest BCUT2D eigenvalue weighted by molar-refractivity contribution is -0.164. The number of nitrogens with one attached hydrogen (secondary N) is 1. The number of carbonyl (C=O) groups is 1. The van der Waals surface area contributed by atoms with Crippen LogP contribution in [0.3, 0.4) is 0 Å². The van der Waals surface area contributed by atoms with Crippen molar-refractivity contribution in [3.63, 3.8) is 0 Å². The highest BCUT2D eigenvalue weighted by Crippen LogP contribution is 2.55. The predicted octanol–water partition coefficient (Wildman–Crippen LogP) is 3.97. The van der Waals surface area contributed by atoms with Gasteiger partial charge in [-0.15, -0.1) is 0 Å². The zero-order chi connectivity index (χ0) is 27.1. The molecule has 0 radical (unpaired) electrons. The summed E-state index contributed by atoms with van der Waals surface area (Å²) in [6.45, 7) is 16.4. The molecule has 2 heterocycles. The molecule has 1 amide bonds. The van der Waals surface area contributed by atoms with Gasteiger partial charge in [0.2, 0.25) is 5.95 Å². The number of amides is 1. The summed E-state index contributed by atoms with van der Waals surface area (Å²) in [5.74, 6) is 2.10. The van der Waals surface area contributed by atoms with Crippen LogP contribution < -0.4 is 15.0 Å². The number of aryl methyl sites for hydroxylation is 1. The maximum atomic E-state index is 13.2. The molecular formula is C29H39N5O3. The summed E-state index contributed by atoms with van der Waals surface area (Å²) < 4.78 is 6.39. The molecule has 0 spiro atoms. The molecule has 2 fully saturated rings. The fraction of sp³-hybridized carbons (Fsp3) is 0.586. The third-order valence-electron chi connectivity index (χ3n) is 8.56. The van der Waals surface area contributed by atoms with Crippen molar-refractivity contribution in [2.45, 2.75) is 60.6 Å². The van der Waals surface area contributed by atoms with Crippen molar-refractivity contribution in [1.29, 1.82) is 5.26 Å². The molecule has 2 aliphatic rings. The number of nitriles is 1. The maximum absolute atomic E-state index is 13.2. The van der Waals surface area contributed by atoms with Gasteiger partial charge in [-0.2, -0.15) is 5.26 Å². The molecule has 4 rings (SSSR count). The quantitative estimate of drug-likeness (QED) is 0.611. The van der Waals surface area contributed by atoms with Gasteiger partial charge < -0.3 is 20.1 Å². The van der Waals surface area contributed by atoms with E-state index in [1.165, 1.54) is 0 Å². The lowest BCUT2D eigenvalue weighted by atomic mass is 9.49. The summed E-state index contributed by atoms with van der Waals surface area (Å²) >= 11 is 0. The van der Waals surface area contributed by atoms with E-state index in [4.69, 9.17) is 4.74 Å². The van der Waals surface area contributed by atoms with E-state index in [9.17, 15) is 15.2 Å². The van der Waals surface area contributed by atoms with E-state index in [2.05, 4.69) is 67.8 Å². The minimum Gasteiger partial charge on any atom is -0.489 e. The van der Waals surface area contributed by atoms with Gasteiger partial charge in [-0.05, 0) is 48.4 Å². The SMILES string of the molecule is Cc1cc(OC2C(C)(C)C(NC(=O)c3cnc(N4C[C@@H](C)C(CO)[C@@H](C)C4)nc3)C2(C)C)ccc1C#N. The van der Waals surface area contributed by atoms with E-state index in [-0.39, 0.29) is 41.4 Å². The number of hydrogen-bond donors (Lipinski definition) is 2. The Labute approximate surface area is 220 Å². The Morgan fingerprint density at radius 2 is 1.76 bits per heavy atom. The number of aromatic nitrogens is 2. The van der Waals surface area contributed by atoms with Crippen LogP contribution in [0.5, 0.6) is 5.75 Å². The smallest absolute Gasteiger partial charge is 0.254 e. The van der Waals surface area contributed by atoms with Crippen molar-refractivity contribution < 1.29 is 14.6 Å². The molecule has 37 heavy (non-hydrogen) atoms. The largest absolute Gasteiger partial charge is 0.489 e. The van der Waals surface area contributed by atoms with Gasteiger partial charge in [0.15, 0.2) is 0 Å². The van der Waals surface area contributed by atoms with E-state index in [1.54, 1.807) is 18.5 Å². The Morgan fingerprint density at radius 3 is 2.27 bits per heavy atom. The van der Waals surface area contributed by atoms with Crippen LogP contribution in [0.4, 0.5) is 5.95 Å². The van der Waals surface area contributed by atoms with Crippen molar-refractivity contribution in [3.05, 3.63) is 47.3 Å². The Balaban J connectivity index is 1.42. The van der Waals surface area contributed by atoms with Gasteiger partial charge >= 0.3 is 0 Å². The maximum Gasteiger partial charge on any atom is 0.254 e. The van der Waals surface area contributed by atoms with Gasteiger partial charge in [0.1, 0.15) is 11.9 Å².